The maximum absolute atomic E-state index is 11.6. The summed E-state index contributed by atoms with van der Waals surface area (Å²) >= 11 is 0. The van der Waals surface area contributed by atoms with Crippen LogP contribution in [0.2, 0.25) is 0 Å². The van der Waals surface area contributed by atoms with E-state index in [4.69, 9.17) is 4.74 Å². The van der Waals surface area contributed by atoms with Gasteiger partial charge in [-0.15, -0.1) is 0 Å². The number of aryl methyl sites for hydroxylation is 1. The van der Waals surface area contributed by atoms with Gasteiger partial charge in [0.25, 0.3) is 5.91 Å². The van der Waals surface area contributed by atoms with Gasteiger partial charge in [-0.2, -0.15) is 0 Å². The van der Waals surface area contributed by atoms with E-state index in [2.05, 4.69) is 10.3 Å². The van der Waals surface area contributed by atoms with Crippen molar-refractivity contribution < 1.29 is 19.2 Å². The minimum absolute atomic E-state index is 0.139. The molecule has 1 unspecified atom stereocenters. The molecule has 1 rings (SSSR count). The van der Waals surface area contributed by atoms with Crippen LogP contribution in [-0.2, 0) is 4.79 Å². The first-order valence-electron chi connectivity index (χ1n) is 5.66. The molecule has 0 aromatic carbocycles. The van der Waals surface area contributed by atoms with Crippen LogP contribution in [0.25, 0.3) is 0 Å². The fraction of sp³-hybridized carbons (Fsp3) is 0.364. The second kappa shape index (κ2) is 6.45. The van der Waals surface area contributed by atoms with E-state index in [1.54, 1.807) is 6.92 Å². The van der Waals surface area contributed by atoms with Gasteiger partial charge in [0.1, 0.15) is 5.69 Å². The Hall–Kier alpha value is -2.71. The smallest absolute Gasteiger partial charge is 0.406 e. The standard InChI is InChI=1S/C11H14N4O5/c1-6-4-5-8(9(13-6)15(18)19)20-7(2)10(16)14-11(17)12-3/h4-5,7H,1-3H3,(H2,12,14,16,17). The normalized spacial score (nSPS) is 11.3. The van der Waals surface area contributed by atoms with Crippen molar-refractivity contribution >= 4 is 17.8 Å². The van der Waals surface area contributed by atoms with Crippen molar-refractivity contribution in [2.24, 2.45) is 0 Å². The summed E-state index contributed by atoms with van der Waals surface area (Å²) < 4.78 is 5.17. The molecule has 9 nitrogen and oxygen atoms in total. The number of carbonyl (C=O) groups is 2. The van der Waals surface area contributed by atoms with E-state index in [0.717, 1.165) is 0 Å². The van der Waals surface area contributed by atoms with Crippen LogP contribution in [0.15, 0.2) is 12.1 Å². The van der Waals surface area contributed by atoms with Crippen molar-refractivity contribution in [1.82, 2.24) is 15.6 Å². The number of pyridine rings is 1. The summed E-state index contributed by atoms with van der Waals surface area (Å²) in [6.45, 7) is 2.96. The summed E-state index contributed by atoms with van der Waals surface area (Å²) in [5.74, 6) is -1.34. The number of hydrogen-bond donors (Lipinski definition) is 2. The Bertz CT molecular complexity index is 546. The number of imide groups is 1. The van der Waals surface area contributed by atoms with Gasteiger partial charge in [0, 0.05) is 14.0 Å². The molecule has 0 aliphatic carbocycles. The molecule has 0 bridgehead atoms. The SMILES string of the molecule is CNC(=O)NC(=O)C(C)Oc1ccc(C)nc1[N+](=O)[O-]. The Labute approximate surface area is 114 Å². The highest BCUT2D eigenvalue weighted by Gasteiger charge is 2.23. The Balaban J connectivity index is 2.85. The molecule has 0 spiro atoms. The lowest BCUT2D eigenvalue weighted by Crippen LogP contribution is -2.44. The molecule has 9 heteroatoms. The van der Waals surface area contributed by atoms with Crippen LogP contribution in [-0.4, -0.2) is 35.0 Å². The summed E-state index contributed by atoms with van der Waals surface area (Å²) in [6.07, 6.45) is -1.09. The van der Waals surface area contributed by atoms with Gasteiger partial charge in [-0.25, -0.2) is 4.79 Å². The van der Waals surface area contributed by atoms with E-state index in [1.807, 2.05) is 5.32 Å². The van der Waals surface area contributed by atoms with Crippen LogP contribution in [0.4, 0.5) is 10.6 Å². The van der Waals surface area contributed by atoms with Gasteiger partial charge >= 0.3 is 11.8 Å². The van der Waals surface area contributed by atoms with Gasteiger partial charge in [-0.05, 0) is 29.0 Å². The lowest BCUT2D eigenvalue weighted by atomic mass is 10.3. The highest BCUT2D eigenvalue weighted by atomic mass is 16.6. The Kier molecular flexibility index (Phi) is 4.95. The van der Waals surface area contributed by atoms with Crippen molar-refractivity contribution in [3.63, 3.8) is 0 Å². The van der Waals surface area contributed by atoms with Gasteiger partial charge in [0.2, 0.25) is 5.75 Å². The lowest BCUT2D eigenvalue weighted by Gasteiger charge is -2.13. The zero-order valence-electron chi connectivity index (χ0n) is 11.2. The number of urea groups is 1. The quantitative estimate of drug-likeness (QED) is 0.613. The third kappa shape index (κ3) is 3.90. The monoisotopic (exact) mass is 282 g/mol. The minimum atomic E-state index is -1.09. The van der Waals surface area contributed by atoms with Crippen LogP contribution in [0.1, 0.15) is 12.6 Å². The van der Waals surface area contributed by atoms with Gasteiger partial charge in [0.05, 0.1) is 0 Å². The number of nitrogens with zero attached hydrogens (tertiary/aromatic N) is 2. The molecule has 1 heterocycles. The molecule has 108 valence electrons. The molecule has 1 atom stereocenters. The molecule has 0 fully saturated rings. The fourth-order valence-corrected chi connectivity index (χ4v) is 1.27. The van der Waals surface area contributed by atoms with Gasteiger partial charge in [-0.1, -0.05) is 0 Å². The molecule has 1 aromatic rings. The molecule has 0 radical (unpaired) electrons. The van der Waals surface area contributed by atoms with E-state index in [1.165, 1.54) is 26.1 Å². The molecule has 0 aliphatic heterocycles. The number of hydrogen-bond acceptors (Lipinski definition) is 6. The Morgan fingerprint density at radius 1 is 1.45 bits per heavy atom. The lowest BCUT2D eigenvalue weighted by molar-refractivity contribution is -0.390. The van der Waals surface area contributed by atoms with Crippen LogP contribution in [0.3, 0.4) is 0 Å². The van der Waals surface area contributed by atoms with Crippen molar-refractivity contribution in [3.05, 3.63) is 27.9 Å². The molecule has 3 amide bonds. The summed E-state index contributed by atoms with van der Waals surface area (Å²) in [7, 11) is 1.35. The van der Waals surface area contributed by atoms with Crippen molar-refractivity contribution in [1.29, 1.82) is 0 Å². The maximum atomic E-state index is 11.6. The number of amides is 3. The topological polar surface area (TPSA) is 123 Å². The molecule has 0 saturated carbocycles. The largest absolute Gasteiger partial charge is 0.473 e. The van der Waals surface area contributed by atoms with Crippen LogP contribution in [0.5, 0.6) is 5.75 Å². The van der Waals surface area contributed by atoms with Gasteiger partial charge < -0.3 is 20.2 Å². The highest BCUT2D eigenvalue weighted by molar-refractivity contribution is 5.96. The number of aromatic nitrogens is 1. The number of nitro groups is 1. The summed E-state index contributed by atoms with van der Waals surface area (Å²) in [4.78, 5) is 36.4. The summed E-state index contributed by atoms with van der Waals surface area (Å²) in [6, 6.07) is 2.18. The van der Waals surface area contributed by atoms with Gasteiger partial charge in [-0.3, -0.25) is 10.1 Å². The molecule has 20 heavy (non-hydrogen) atoms. The van der Waals surface area contributed by atoms with E-state index in [0.29, 0.717) is 5.69 Å². The second-order valence-electron chi connectivity index (χ2n) is 3.86. The average Bonchev–Trinajstić information content (AvgIpc) is 2.40. The second-order valence-corrected chi connectivity index (χ2v) is 3.86. The predicted octanol–water partition coefficient (Wildman–Crippen LogP) is 0.521. The average molecular weight is 282 g/mol. The third-order valence-electron chi connectivity index (χ3n) is 2.29. The van der Waals surface area contributed by atoms with Crippen LogP contribution < -0.4 is 15.4 Å². The number of nitrogens with one attached hydrogen (secondary N) is 2. The first-order chi connectivity index (χ1) is 9.35. The summed E-state index contributed by atoms with van der Waals surface area (Å²) in [5, 5.41) is 15.1. The van der Waals surface area contributed by atoms with E-state index in [9.17, 15) is 19.7 Å². The number of ether oxygens (including phenoxy) is 1. The first-order valence-corrected chi connectivity index (χ1v) is 5.66. The predicted molar refractivity (Wildman–Crippen MR) is 68.3 cm³/mol. The van der Waals surface area contributed by atoms with Crippen LogP contribution >= 0.6 is 0 Å². The molecule has 0 saturated heterocycles. The van der Waals surface area contributed by atoms with Crippen molar-refractivity contribution in [2.75, 3.05) is 7.05 Å². The number of rotatable bonds is 4. The zero-order chi connectivity index (χ0) is 15.3. The van der Waals surface area contributed by atoms with E-state index < -0.39 is 28.8 Å². The Morgan fingerprint density at radius 3 is 2.65 bits per heavy atom. The molecule has 2 N–H and O–H groups in total. The third-order valence-corrected chi connectivity index (χ3v) is 2.29. The minimum Gasteiger partial charge on any atom is -0.473 e. The van der Waals surface area contributed by atoms with Crippen LogP contribution in [0, 0.1) is 17.0 Å². The fourth-order valence-electron chi connectivity index (χ4n) is 1.27. The van der Waals surface area contributed by atoms with Crippen molar-refractivity contribution in [2.45, 2.75) is 20.0 Å². The van der Waals surface area contributed by atoms with E-state index >= 15 is 0 Å². The summed E-state index contributed by atoms with van der Waals surface area (Å²) in [5.41, 5.74) is 0.450. The molecule has 1 aromatic heterocycles. The molecular formula is C11H14N4O5. The maximum Gasteiger partial charge on any atom is 0.406 e. The molecule has 0 aliphatic rings. The van der Waals surface area contributed by atoms with Gasteiger partial charge in [0.15, 0.2) is 6.10 Å². The Morgan fingerprint density at radius 2 is 2.10 bits per heavy atom. The van der Waals surface area contributed by atoms with E-state index in [-0.39, 0.29) is 5.75 Å². The number of carbonyl (C=O) groups excluding carboxylic acids is 2. The zero-order valence-corrected chi connectivity index (χ0v) is 11.2. The molecular weight excluding hydrogens is 268 g/mol. The highest BCUT2D eigenvalue weighted by Crippen LogP contribution is 2.25. The first kappa shape index (κ1) is 15.3. The van der Waals surface area contributed by atoms with Crippen molar-refractivity contribution in [3.8, 4) is 5.75 Å².